The smallest absolute Gasteiger partial charge is 0.220 e. The van der Waals surface area contributed by atoms with E-state index in [1.54, 1.807) is 6.08 Å². The number of hydrogen-bond donors (Lipinski definition) is 3. The third-order valence-corrected chi connectivity index (χ3v) is 15.3. The molecule has 2 atom stereocenters. The summed E-state index contributed by atoms with van der Waals surface area (Å²) in [5.41, 5.74) is 0. The molecule has 0 saturated carbocycles. The minimum absolute atomic E-state index is 0.0692. The lowest BCUT2D eigenvalue weighted by molar-refractivity contribution is -0.123. The molecule has 72 heavy (non-hydrogen) atoms. The molecule has 0 saturated heterocycles. The van der Waals surface area contributed by atoms with Crippen LogP contribution in [0.15, 0.2) is 48.6 Å². The second-order valence-corrected chi connectivity index (χ2v) is 22.5. The molecule has 4 heteroatoms. The van der Waals surface area contributed by atoms with Crippen molar-refractivity contribution in [1.82, 2.24) is 5.32 Å². The largest absolute Gasteiger partial charge is 0.394 e. The van der Waals surface area contributed by atoms with Gasteiger partial charge in [0.2, 0.25) is 5.91 Å². The first-order valence-corrected chi connectivity index (χ1v) is 32.9. The number of rotatable bonds is 61. The monoisotopic (exact) mass is 1010 g/mol. The fraction of sp³-hybridized carbons (Fsp3) is 0.868. The van der Waals surface area contributed by atoms with E-state index in [2.05, 4.69) is 55.6 Å². The molecule has 0 rings (SSSR count). The van der Waals surface area contributed by atoms with Crippen LogP contribution >= 0.6 is 0 Å². The number of carbonyl (C=O) groups is 1. The second-order valence-electron chi connectivity index (χ2n) is 22.5. The number of hydrogen-bond acceptors (Lipinski definition) is 3. The van der Waals surface area contributed by atoms with Gasteiger partial charge < -0.3 is 15.5 Å². The van der Waals surface area contributed by atoms with Gasteiger partial charge in [-0.15, -0.1) is 0 Å². The molecule has 0 spiro atoms. The number of aliphatic hydroxyl groups is 2. The molecule has 1 amide bonds. The minimum atomic E-state index is -0.864. The van der Waals surface area contributed by atoms with Crippen LogP contribution in [0.4, 0.5) is 0 Å². The normalized spacial score (nSPS) is 13.0. The minimum Gasteiger partial charge on any atom is -0.394 e. The van der Waals surface area contributed by atoms with E-state index >= 15 is 0 Å². The van der Waals surface area contributed by atoms with Crippen molar-refractivity contribution in [2.45, 2.75) is 373 Å². The molecule has 0 aromatic carbocycles. The lowest BCUT2D eigenvalue weighted by Gasteiger charge is -2.19. The zero-order valence-electron chi connectivity index (χ0n) is 49.0. The molecular formula is C68H129NO3. The van der Waals surface area contributed by atoms with Gasteiger partial charge in [-0.2, -0.15) is 0 Å². The van der Waals surface area contributed by atoms with E-state index in [1.807, 2.05) is 6.08 Å². The molecule has 0 aliphatic rings. The number of amides is 1. The summed E-state index contributed by atoms with van der Waals surface area (Å²) in [6, 6.07) is -0.641. The van der Waals surface area contributed by atoms with Crippen molar-refractivity contribution in [2.75, 3.05) is 6.61 Å². The SMILES string of the molecule is CCCCCCC/C=C\C/C=C\CCCCCCCCCCCCCCCCCC(=O)NC(CO)C(O)/C=C/CC/C=C/CCCCCCCCCCCCCCCCCCCCCCCCCCCCC. The van der Waals surface area contributed by atoms with E-state index in [0.717, 1.165) is 38.5 Å². The maximum atomic E-state index is 12.5. The fourth-order valence-corrected chi connectivity index (χ4v) is 10.3. The number of carbonyl (C=O) groups excluding carboxylic acids is 1. The van der Waals surface area contributed by atoms with Gasteiger partial charge in [-0.3, -0.25) is 4.79 Å². The maximum Gasteiger partial charge on any atom is 0.220 e. The summed E-state index contributed by atoms with van der Waals surface area (Å²) in [5.74, 6) is -0.0692. The van der Waals surface area contributed by atoms with Crippen LogP contribution in [0.5, 0.6) is 0 Å². The van der Waals surface area contributed by atoms with Crippen LogP contribution in [-0.4, -0.2) is 34.9 Å². The Bertz CT molecular complexity index is 1140. The van der Waals surface area contributed by atoms with Crippen LogP contribution in [0.25, 0.3) is 0 Å². The third-order valence-electron chi connectivity index (χ3n) is 15.3. The van der Waals surface area contributed by atoms with Gasteiger partial charge in [0.1, 0.15) is 0 Å². The fourth-order valence-electron chi connectivity index (χ4n) is 10.3. The highest BCUT2D eigenvalue weighted by atomic mass is 16.3. The van der Waals surface area contributed by atoms with Gasteiger partial charge in [0.25, 0.3) is 0 Å². The van der Waals surface area contributed by atoms with Crippen molar-refractivity contribution >= 4 is 5.91 Å². The first kappa shape index (κ1) is 70.3. The summed E-state index contributed by atoms with van der Waals surface area (Å²) in [7, 11) is 0. The van der Waals surface area contributed by atoms with E-state index < -0.39 is 12.1 Å². The standard InChI is InChI=1S/C68H129NO3/c1-3-5-7-9-11-13-15-17-19-21-23-25-27-29-31-32-33-34-35-36-38-39-41-43-45-47-49-51-53-55-57-59-61-63-67(71)66(65-70)69-68(72)64-62-60-58-56-54-52-50-48-46-44-42-40-37-30-28-26-24-22-20-18-16-14-12-10-8-6-4-2/h16,18,22,24,53,55,61,63,66-67,70-71H,3-15,17,19-21,23,25-52,54,56-60,62,64-65H2,1-2H3,(H,69,72)/b18-16-,24-22-,55-53+,63-61+. The Hall–Kier alpha value is -1.65. The average Bonchev–Trinajstić information content (AvgIpc) is 3.39. The number of unbranched alkanes of at least 4 members (excludes halogenated alkanes) is 48. The molecule has 0 radical (unpaired) electrons. The molecule has 0 bridgehead atoms. The maximum absolute atomic E-state index is 12.5. The molecule has 0 fully saturated rings. The van der Waals surface area contributed by atoms with Crippen molar-refractivity contribution in [2.24, 2.45) is 0 Å². The van der Waals surface area contributed by atoms with Crippen molar-refractivity contribution in [1.29, 1.82) is 0 Å². The van der Waals surface area contributed by atoms with Crippen LogP contribution in [0.3, 0.4) is 0 Å². The molecule has 0 aliphatic heterocycles. The number of aliphatic hydroxyl groups excluding tert-OH is 2. The molecule has 0 aromatic rings. The molecule has 0 aliphatic carbocycles. The van der Waals surface area contributed by atoms with E-state index in [0.29, 0.717) is 6.42 Å². The number of nitrogens with one attached hydrogen (secondary N) is 1. The summed E-state index contributed by atoms with van der Waals surface area (Å²) in [5, 5.41) is 23.2. The molecule has 424 valence electrons. The molecule has 0 heterocycles. The molecular weight excluding hydrogens is 879 g/mol. The average molecular weight is 1010 g/mol. The first-order chi connectivity index (χ1) is 35.7. The van der Waals surface area contributed by atoms with Gasteiger partial charge in [-0.1, -0.05) is 339 Å². The molecule has 3 N–H and O–H groups in total. The Morgan fingerprint density at radius 2 is 0.583 bits per heavy atom. The van der Waals surface area contributed by atoms with Crippen molar-refractivity contribution in [3.63, 3.8) is 0 Å². The van der Waals surface area contributed by atoms with E-state index in [4.69, 9.17) is 0 Å². The Kier molecular flexibility index (Phi) is 62.2. The van der Waals surface area contributed by atoms with E-state index in [1.165, 1.54) is 302 Å². The van der Waals surface area contributed by atoms with Gasteiger partial charge in [0.15, 0.2) is 0 Å². The van der Waals surface area contributed by atoms with Crippen LogP contribution in [0.1, 0.15) is 361 Å². The van der Waals surface area contributed by atoms with Gasteiger partial charge in [0.05, 0.1) is 18.8 Å². The Morgan fingerprint density at radius 1 is 0.333 bits per heavy atom. The highest BCUT2D eigenvalue weighted by Gasteiger charge is 2.18. The molecule has 4 nitrogen and oxygen atoms in total. The Labute approximate surface area is 452 Å². The first-order valence-electron chi connectivity index (χ1n) is 32.9. The van der Waals surface area contributed by atoms with Gasteiger partial charge in [0, 0.05) is 6.42 Å². The highest BCUT2D eigenvalue weighted by Crippen LogP contribution is 2.18. The van der Waals surface area contributed by atoms with E-state index in [9.17, 15) is 15.0 Å². The predicted octanol–water partition coefficient (Wildman–Crippen LogP) is 22.2. The molecule has 2 unspecified atom stereocenters. The van der Waals surface area contributed by atoms with Gasteiger partial charge in [-0.25, -0.2) is 0 Å². The second kappa shape index (κ2) is 63.6. The predicted molar refractivity (Wildman–Crippen MR) is 322 cm³/mol. The van der Waals surface area contributed by atoms with Crippen molar-refractivity contribution < 1.29 is 15.0 Å². The molecule has 0 aromatic heterocycles. The summed E-state index contributed by atoms with van der Waals surface area (Å²) in [6.07, 6.45) is 89.0. The highest BCUT2D eigenvalue weighted by molar-refractivity contribution is 5.76. The summed E-state index contributed by atoms with van der Waals surface area (Å²) in [4.78, 5) is 12.5. The lowest BCUT2D eigenvalue weighted by Crippen LogP contribution is -2.45. The Balaban J connectivity index is 3.47. The third kappa shape index (κ3) is 59.2. The van der Waals surface area contributed by atoms with Crippen LogP contribution in [0, 0.1) is 0 Å². The van der Waals surface area contributed by atoms with Gasteiger partial charge in [-0.05, 0) is 64.2 Å². The zero-order chi connectivity index (χ0) is 52.0. The Morgan fingerprint density at radius 3 is 0.889 bits per heavy atom. The summed E-state index contributed by atoms with van der Waals surface area (Å²) < 4.78 is 0. The zero-order valence-corrected chi connectivity index (χ0v) is 49.0. The lowest BCUT2D eigenvalue weighted by atomic mass is 10.0. The van der Waals surface area contributed by atoms with Crippen molar-refractivity contribution in [3.8, 4) is 0 Å². The quantitative estimate of drug-likeness (QED) is 0.0420. The van der Waals surface area contributed by atoms with Crippen LogP contribution in [0.2, 0.25) is 0 Å². The van der Waals surface area contributed by atoms with Crippen LogP contribution in [-0.2, 0) is 4.79 Å². The van der Waals surface area contributed by atoms with Crippen molar-refractivity contribution in [3.05, 3.63) is 48.6 Å². The van der Waals surface area contributed by atoms with Gasteiger partial charge >= 0.3 is 0 Å². The number of allylic oxidation sites excluding steroid dienone is 7. The van der Waals surface area contributed by atoms with E-state index in [-0.39, 0.29) is 12.5 Å². The summed E-state index contributed by atoms with van der Waals surface area (Å²) >= 11 is 0. The topological polar surface area (TPSA) is 69.6 Å². The van der Waals surface area contributed by atoms with Crippen LogP contribution < -0.4 is 5.32 Å². The summed E-state index contributed by atoms with van der Waals surface area (Å²) in [6.45, 7) is 4.33.